The zero-order chi connectivity index (χ0) is 12.5. The molecule has 0 amide bonds. The third kappa shape index (κ3) is 1.84. The summed E-state index contributed by atoms with van der Waals surface area (Å²) in [7, 11) is 1.89. The summed E-state index contributed by atoms with van der Waals surface area (Å²) in [5, 5.41) is 4.12. The van der Waals surface area contributed by atoms with Crippen LogP contribution in [0.1, 0.15) is 5.56 Å². The van der Waals surface area contributed by atoms with Gasteiger partial charge in [-0.15, -0.1) is 0 Å². The van der Waals surface area contributed by atoms with E-state index in [9.17, 15) is 4.79 Å². The van der Waals surface area contributed by atoms with Crippen molar-refractivity contribution >= 4 is 11.0 Å². The van der Waals surface area contributed by atoms with Crippen LogP contribution in [-0.4, -0.2) is 19.3 Å². The molecule has 0 saturated carbocycles. The molecule has 0 radical (unpaired) electrons. The Balaban J connectivity index is 1.90. The minimum absolute atomic E-state index is 0.0555. The first-order chi connectivity index (χ1) is 8.74. The Labute approximate surface area is 104 Å². The molecule has 0 bridgehead atoms. The van der Waals surface area contributed by atoms with E-state index in [1.54, 1.807) is 9.25 Å². The van der Waals surface area contributed by atoms with E-state index in [1.807, 2.05) is 43.7 Å². The molecule has 18 heavy (non-hydrogen) atoms. The fraction of sp³-hybridized carbons (Fsp3) is 0.231. The Morgan fingerprint density at radius 1 is 1.33 bits per heavy atom. The smallest absolute Gasteiger partial charge is 0.306 e. The lowest BCUT2D eigenvalue weighted by molar-refractivity contribution is 0.690. The van der Waals surface area contributed by atoms with Crippen molar-refractivity contribution in [3.05, 3.63) is 52.7 Å². The number of aromatic nitrogens is 4. The average molecular weight is 242 g/mol. The standard InChI is InChI=1S/C13H14N4O/c1-16-9-10(8-14-16)6-7-17-12-5-3-2-4-11(12)15-13(17)18/h2-5,8-9H,6-7H2,1H3,(H,15,18). The maximum Gasteiger partial charge on any atom is 0.326 e. The number of aromatic amines is 1. The largest absolute Gasteiger partial charge is 0.326 e. The average Bonchev–Trinajstić information content (AvgIpc) is 2.90. The van der Waals surface area contributed by atoms with Crippen LogP contribution in [0.5, 0.6) is 0 Å². The van der Waals surface area contributed by atoms with Gasteiger partial charge in [0.15, 0.2) is 0 Å². The predicted octanol–water partition coefficient (Wildman–Crippen LogP) is 1.31. The van der Waals surface area contributed by atoms with Crippen LogP contribution in [0.15, 0.2) is 41.5 Å². The minimum Gasteiger partial charge on any atom is -0.306 e. The van der Waals surface area contributed by atoms with Crippen LogP contribution < -0.4 is 5.69 Å². The Hall–Kier alpha value is -2.30. The van der Waals surface area contributed by atoms with E-state index in [-0.39, 0.29) is 5.69 Å². The first-order valence-electron chi connectivity index (χ1n) is 5.89. The van der Waals surface area contributed by atoms with E-state index in [2.05, 4.69) is 10.1 Å². The van der Waals surface area contributed by atoms with Gasteiger partial charge in [0.1, 0.15) is 0 Å². The number of aryl methyl sites for hydroxylation is 3. The van der Waals surface area contributed by atoms with Crippen molar-refractivity contribution in [2.24, 2.45) is 7.05 Å². The van der Waals surface area contributed by atoms with Gasteiger partial charge in [-0.3, -0.25) is 9.25 Å². The number of benzene rings is 1. The summed E-state index contributed by atoms with van der Waals surface area (Å²) in [5.74, 6) is 0. The molecule has 5 heteroatoms. The van der Waals surface area contributed by atoms with Crippen LogP contribution in [0.4, 0.5) is 0 Å². The molecular formula is C13H14N4O. The van der Waals surface area contributed by atoms with Crippen molar-refractivity contribution in [1.82, 2.24) is 19.3 Å². The predicted molar refractivity (Wildman–Crippen MR) is 69.5 cm³/mol. The molecule has 0 saturated heterocycles. The fourth-order valence-corrected chi connectivity index (χ4v) is 2.17. The summed E-state index contributed by atoms with van der Waals surface area (Å²) in [6, 6.07) is 7.73. The lowest BCUT2D eigenvalue weighted by atomic mass is 10.2. The lowest BCUT2D eigenvalue weighted by Crippen LogP contribution is -2.17. The first kappa shape index (κ1) is 10.8. The monoisotopic (exact) mass is 242 g/mol. The summed E-state index contributed by atoms with van der Waals surface area (Å²) in [6.45, 7) is 0.661. The number of H-pyrrole nitrogens is 1. The van der Waals surface area contributed by atoms with Crippen molar-refractivity contribution in [2.45, 2.75) is 13.0 Å². The van der Waals surface area contributed by atoms with E-state index in [1.165, 1.54) is 0 Å². The molecule has 0 atom stereocenters. The number of hydrogen-bond donors (Lipinski definition) is 1. The highest BCUT2D eigenvalue weighted by atomic mass is 16.1. The maximum absolute atomic E-state index is 11.9. The number of nitrogens with zero attached hydrogens (tertiary/aromatic N) is 3. The molecule has 2 heterocycles. The second-order valence-corrected chi connectivity index (χ2v) is 4.37. The van der Waals surface area contributed by atoms with Crippen LogP contribution >= 0.6 is 0 Å². The van der Waals surface area contributed by atoms with E-state index in [0.29, 0.717) is 6.54 Å². The molecule has 3 rings (SSSR count). The van der Waals surface area contributed by atoms with E-state index < -0.39 is 0 Å². The summed E-state index contributed by atoms with van der Waals surface area (Å²) < 4.78 is 3.54. The van der Waals surface area contributed by atoms with Crippen molar-refractivity contribution in [3.63, 3.8) is 0 Å². The Morgan fingerprint density at radius 2 is 2.17 bits per heavy atom. The molecule has 92 valence electrons. The highest BCUT2D eigenvalue weighted by Gasteiger charge is 2.06. The SMILES string of the molecule is Cn1cc(CCn2c(=O)[nH]c3ccccc32)cn1. The molecule has 0 fully saturated rings. The summed E-state index contributed by atoms with van der Waals surface area (Å²) in [6.07, 6.45) is 4.61. The maximum atomic E-state index is 11.9. The summed E-state index contributed by atoms with van der Waals surface area (Å²) in [4.78, 5) is 14.7. The van der Waals surface area contributed by atoms with E-state index in [4.69, 9.17) is 0 Å². The van der Waals surface area contributed by atoms with Crippen LogP contribution in [0.3, 0.4) is 0 Å². The van der Waals surface area contributed by atoms with Crippen LogP contribution in [0, 0.1) is 0 Å². The second-order valence-electron chi connectivity index (χ2n) is 4.37. The van der Waals surface area contributed by atoms with Crippen molar-refractivity contribution < 1.29 is 0 Å². The highest BCUT2D eigenvalue weighted by Crippen LogP contribution is 2.09. The van der Waals surface area contributed by atoms with Crippen molar-refractivity contribution in [2.75, 3.05) is 0 Å². The van der Waals surface area contributed by atoms with Gasteiger partial charge in [0.05, 0.1) is 17.2 Å². The molecule has 5 nitrogen and oxygen atoms in total. The summed E-state index contributed by atoms with van der Waals surface area (Å²) in [5.41, 5.74) is 2.91. The van der Waals surface area contributed by atoms with Gasteiger partial charge in [-0.25, -0.2) is 4.79 Å². The van der Waals surface area contributed by atoms with Crippen LogP contribution in [0.2, 0.25) is 0 Å². The third-order valence-electron chi connectivity index (χ3n) is 3.06. The molecule has 0 spiro atoms. The van der Waals surface area contributed by atoms with Gasteiger partial charge < -0.3 is 4.98 Å². The molecule has 0 aliphatic rings. The molecule has 0 aliphatic heterocycles. The Bertz CT molecular complexity index is 735. The number of para-hydroxylation sites is 2. The molecule has 0 aliphatic carbocycles. The number of rotatable bonds is 3. The molecule has 2 aromatic heterocycles. The van der Waals surface area contributed by atoms with Crippen LogP contribution in [0.25, 0.3) is 11.0 Å². The minimum atomic E-state index is -0.0555. The van der Waals surface area contributed by atoms with Gasteiger partial charge in [-0.1, -0.05) is 12.1 Å². The highest BCUT2D eigenvalue weighted by molar-refractivity contribution is 5.74. The first-order valence-corrected chi connectivity index (χ1v) is 5.89. The number of hydrogen-bond acceptors (Lipinski definition) is 2. The van der Waals surface area contributed by atoms with Gasteiger partial charge in [0.25, 0.3) is 0 Å². The molecule has 1 N–H and O–H groups in total. The van der Waals surface area contributed by atoms with Gasteiger partial charge >= 0.3 is 5.69 Å². The lowest BCUT2D eigenvalue weighted by Gasteiger charge is -2.01. The topological polar surface area (TPSA) is 55.6 Å². The van der Waals surface area contributed by atoms with Gasteiger partial charge in [-0.05, 0) is 24.1 Å². The Morgan fingerprint density at radius 3 is 2.94 bits per heavy atom. The van der Waals surface area contributed by atoms with Gasteiger partial charge in [-0.2, -0.15) is 5.10 Å². The number of nitrogens with one attached hydrogen (secondary N) is 1. The summed E-state index contributed by atoms with van der Waals surface area (Å²) >= 11 is 0. The number of imidazole rings is 1. The van der Waals surface area contributed by atoms with Crippen LogP contribution in [-0.2, 0) is 20.0 Å². The molecule has 3 aromatic rings. The van der Waals surface area contributed by atoms with Crippen molar-refractivity contribution in [1.29, 1.82) is 0 Å². The quantitative estimate of drug-likeness (QED) is 0.752. The van der Waals surface area contributed by atoms with Crippen molar-refractivity contribution in [3.8, 4) is 0 Å². The normalized spacial score (nSPS) is 11.2. The zero-order valence-corrected chi connectivity index (χ0v) is 10.1. The third-order valence-corrected chi connectivity index (χ3v) is 3.06. The van der Waals surface area contributed by atoms with Gasteiger partial charge in [0.2, 0.25) is 0 Å². The molecule has 1 aromatic carbocycles. The molecule has 0 unspecified atom stereocenters. The van der Waals surface area contributed by atoms with E-state index in [0.717, 1.165) is 23.0 Å². The zero-order valence-electron chi connectivity index (χ0n) is 10.1. The second kappa shape index (κ2) is 4.18. The van der Waals surface area contributed by atoms with E-state index >= 15 is 0 Å². The van der Waals surface area contributed by atoms with Gasteiger partial charge in [0, 0.05) is 19.8 Å². The molecular weight excluding hydrogens is 228 g/mol. The number of fused-ring (bicyclic) bond motifs is 1. The Kier molecular flexibility index (Phi) is 2.51. The fourth-order valence-electron chi connectivity index (χ4n) is 2.17.